The Labute approximate surface area is 233 Å². The number of thioether (sulfide) groups is 1. The molecule has 2 atom stereocenters. The summed E-state index contributed by atoms with van der Waals surface area (Å²) < 4.78 is 19.6. The molecule has 1 saturated carbocycles. The van der Waals surface area contributed by atoms with E-state index in [2.05, 4.69) is 10.3 Å². The molecule has 0 bridgehead atoms. The normalized spacial score (nSPS) is 24.8. The number of carbonyl (C=O) groups is 3. The van der Waals surface area contributed by atoms with Gasteiger partial charge in [0.25, 0.3) is 11.8 Å². The maximum atomic E-state index is 14.2. The summed E-state index contributed by atoms with van der Waals surface area (Å²) in [5, 5.41) is 3.09. The number of hydrogen-bond donors (Lipinski definition) is 1. The van der Waals surface area contributed by atoms with Crippen LogP contribution in [0.1, 0.15) is 85.0 Å². The van der Waals surface area contributed by atoms with Crippen molar-refractivity contribution in [1.82, 2.24) is 15.2 Å². The van der Waals surface area contributed by atoms with Crippen LogP contribution in [0.3, 0.4) is 0 Å². The summed E-state index contributed by atoms with van der Waals surface area (Å²) in [7, 11) is 1.51. The fraction of sp³-hybridized carbons (Fsp3) is 0.533. The van der Waals surface area contributed by atoms with E-state index in [1.54, 1.807) is 0 Å². The molecule has 1 aliphatic carbocycles. The van der Waals surface area contributed by atoms with Gasteiger partial charge in [-0.05, 0) is 80.4 Å². The fourth-order valence-electron chi connectivity index (χ4n) is 6.23. The number of fused-ring (bicyclic) bond motifs is 1. The van der Waals surface area contributed by atoms with Crippen molar-refractivity contribution < 1.29 is 23.5 Å². The first-order chi connectivity index (χ1) is 19.0. The lowest BCUT2D eigenvalue weighted by molar-refractivity contribution is -0.135. The Morgan fingerprint density at radius 2 is 1.82 bits per heavy atom. The molecule has 1 aromatic heterocycles. The summed E-state index contributed by atoms with van der Waals surface area (Å²) >= 11 is 1.97. The van der Waals surface area contributed by atoms with Crippen LogP contribution in [-0.4, -0.2) is 58.3 Å². The summed E-state index contributed by atoms with van der Waals surface area (Å²) in [6, 6.07) is 10.2. The van der Waals surface area contributed by atoms with E-state index in [-0.39, 0.29) is 29.5 Å². The van der Waals surface area contributed by atoms with E-state index < -0.39 is 23.7 Å². The van der Waals surface area contributed by atoms with E-state index in [9.17, 15) is 18.8 Å². The number of benzene rings is 1. The predicted molar refractivity (Wildman–Crippen MR) is 148 cm³/mol. The monoisotopic (exact) mass is 553 g/mol. The number of amides is 3. The first-order valence-electron chi connectivity index (χ1n) is 13.9. The largest absolute Gasteiger partial charge is 0.367 e. The van der Waals surface area contributed by atoms with Gasteiger partial charge in [0.05, 0.1) is 23.4 Å². The second-order valence-corrected chi connectivity index (χ2v) is 12.1. The van der Waals surface area contributed by atoms with Gasteiger partial charge in [-0.1, -0.05) is 30.3 Å². The van der Waals surface area contributed by atoms with E-state index in [1.165, 1.54) is 18.1 Å². The molecule has 3 heterocycles. The Hall–Kier alpha value is -2.78. The highest BCUT2D eigenvalue weighted by Gasteiger charge is 2.44. The molecular formula is C30H36FN3O4S. The van der Waals surface area contributed by atoms with Crippen molar-refractivity contribution in [3.8, 4) is 0 Å². The lowest BCUT2D eigenvalue weighted by atomic mass is 9.83. The highest BCUT2D eigenvalue weighted by atomic mass is 32.2. The minimum absolute atomic E-state index is 0.0727. The van der Waals surface area contributed by atoms with Gasteiger partial charge in [-0.2, -0.15) is 11.8 Å². The minimum atomic E-state index is -0.698. The Morgan fingerprint density at radius 1 is 1.10 bits per heavy atom. The molecule has 2 fully saturated rings. The van der Waals surface area contributed by atoms with Crippen LogP contribution in [0.2, 0.25) is 0 Å². The van der Waals surface area contributed by atoms with Crippen LogP contribution in [0.15, 0.2) is 42.6 Å². The summed E-state index contributed by atoms with van der Waals surface area (Å²) in [4.78, 5) is 45.8. The van der Waals surface area contributed by atoms with E-state index in [0.717, 1.165) is 42.5 Å². The van der Waals surface area contributed by atoms with Crippen molar-refractivity contribution in [3.63, 3.8) is 0 Å². The number of imide groups is 1. The van der Waals surface area contributed by atoms with Crippen molar-refractivity contribution >= 4 is 29.5 Å². The molecule has 1 N–H and O–H groups in total. The maximum absolute atomic E-state index is 14.2. The minimum Gasteiger partial charge on any atom is -0.367 e. The number of aromatic nitrogens is 1. The molecule has 0 radical (unpaired) electrons. The van der Waals surface area contributed by atoms with Crippen LogP contribution in [0.25, 0.3) is 0 Å². The zero-order valence-electron chi connectivity index (χ0n) is 22.3. The number of nitrogens with one attached hydrogen (secondary N) is 1. The molecule has 3 amide bonds. The number of nitrogens with zero attached hydrogens (tertiary/aromatic N) is 2. The highest BCUT2D eigenvalue weighted by molar-refractivity contribution is 7.99. The zero-order chi connectivity index (χ0) is 27.4. The number of ether oxygens (including phenoxy) is 1. The Bertz CT molecular complexity index is 1180. The van der Waals surface area contributed by atoms with Gasteiger partial charge in [0.1, 0.15) is 5.82 Å². The number of carbonyl (C=O) groups excluding carboxylic acids is 3. The van der Waals surface area contributed by atoms with Gasteiger partial charge in [0.2, 0.25) is 5.91 Å². The van der Waals surface area contributed by atoms with Gasteiger partial charge < -0.3 is 10.1 Å². The second kappa shape index (κ2) is 12.6. The van der Waals surface area contributed by atoms with Gasteiger partial charge in [0, 0.05) is 19.2 Å². The van der Waals surface area contributed by atoms with Crippen LogP contribution in [-0.2, 0) is 14.3 Å². The molecule has 5 rings (SSSR count). The molecule has 2 aromatic rings. The average molecular weight is 554 g/mol. The van der Waals surface area contributed by atoms with E-state index >= 15 is 0 Å². The number of hydrogen-bond acceptors (Lipinski definition) is 6. The first-order valence-corrected chi connectivity index (χ1v) is 15.1. The molecule has 7 nitrogen and oxygen atoms in total. The fourth-order valence-corrected chi connectivity index (χ4v) is 7.44. The average Bonchev–Trinajstić information content (AvgIpc) is 2.96. The van der Waals surface area contributed by atoms with Crippen LogP contribution in [0.5, 0.6) is 0 Å². The van der Waals surface area contributed by atoms with Gasteiger partial charge in [-0.3, -0.25) is 24.3 Å². The van der Waals surface area contributed by atoms with Gasteiger partial charge in [-0.25, -0.2) is 4.39 Å². The Kier molecular flexibility index (Phi) is 8.97. The topological polar surface area (TPSA) is 88.6 Å². The molecule has 0 spiro atoms. The van der Waals surface area contributed by atoms with E-state index in [1.807, 2.05) is 42.1 Å². The summed E-state index contributed by atoms with van der Waals surface area (Å²) in [6.07, 6.45) is 6.64. The number of methoxy groups -OCH3 is 1. The summed E-state index contributed by atoms with van der Waals surface area (Å²) in [5.74, 6) is 0.884. The molecule has 1 unspecified atom stereocenters. The first kappa shape index (κ1) is 27.8. The number of pyridine rings is 1. The Balaban J connectivity index is 1.25. The molecule has 3 aliphatic rings. The van der Waals surface area contributed by atoms with Crippen LogP contribution < -0.4 is 5.32 Å². The van der Waals surface area contributed by atoms with Crippen molar-refractivity contribution in [2.45, 2.75) is 75.5 Å². The van der Waals surface area contributed by atoms with Crippen LogP contribution >= 0.6 is 11.8 Å². The quantitative estimate of drug-likeness (QED) is 0.462. The SMILES string of the molecule is CO[C@@H](C(=O)NC1CCC(N2C(=O)c3cc(F)cnc3C(CCC3CCSCC3)C2=O)CC1)c1ccccc1. The molecule has 39 heavy (non-hydrogen) atoms. The van der Waals surface area contributed by atoms with Gasteiger partial charge in [-0.15, -0.1) is 0 Å². The number of halogens is 1. The molecule has 1 saturated heterocycles. The second-order valence-electron chi connectivity index (χ2n) is 10.8. The van der Waals surface area contributed by atoms with Crippen molar-refractivity contribution in [3.05, 3.63) is 65.2 Å². The van der Waals surface area contributed by atoms with Crippen molar-refractivity contribution in [2.75, 3.05) is 18.6 Å². The summed E-state index contributed by atoms with van der Waals surface area (Å²) in [5.41, 5.74) is 1.41. The molecule has 208 valence electrons. The standard InChI is InChI=1S/C30H36FN3O4S/c1-38-27(20-5-3-2-4-6-20)28(35)33-22-8-10-23(11-9-22)34-29(36)24(12-7-19-13-15-39-16-14-19)26-25(30(34)37)17-21(31)18-32-26/h2-6,17-19,22-24,27H,7-16H2,1H3,(H,33,35)/t22?,23?,24?,27-/m1/s1. The van der Waals surface area contributed by atoms with Gasteiger partial charge in [0.15, 0.2) is 6.10 Å². The maximum Gasteiger partial charge on any atom is 0.262 e. The van der Waals surface area contributed by atoms with Crippen molar-refractivity contribution in [2.24, 2.45) is 5.92 Å². The van der Waals surface area contributed by atoms with Crippen LogP contribution in [0, 0.1) is 11.7 Å². The molecule has 1 aromatic carbocycles. The third-order valence-electron chi connectivity index (χ3n) is 8.39. The highest BCUT2D eigenvalue weighted by Crippen LogP contribution is 2.38. The lowest BCUT2D eigenvalue weighted by Gasteiger charge is -2.40. The predicted octanol–water partition coefficient (Wildman–Crippen LogP) is 5.03. The third-order valence-corrected chi connectivity index (χ3v) is 9.44. The van der Waals surface area contributed by atoms with Crippen molar-refractivity contribution in [1.29, 1.82) is 0 Å². The smallest absolute Gasteiger partial charge is 0.262 e. The molecule has 9 heteroatoms. The van der Waals surface area contributed by atoms with Crippen LogP contribution in [0.4, 0.5) is 4.39 Å². The molecular weight excluding hydrogens is 517 g/mol. The number of rotatable bonds is 8. The van der Waals surface area contributed by atoms with E-state index in [4.69, 9.17) is 4.74 Å². The zero-order valence-corrected chi connectivity index (χ0v) is 23.1. The summed E-state index contributed by atoms with van der Waals surface area (Å²) in [6.45, 7) is 0. The van der Waals surface area contributed by atoms with E-state index in [0.29, 0.717) is 43.7 Å². The lowest BCUT2D eigenvalue weighted by Crippen LogP contribution is -2.53. The van der Waals surface area contributed by atoms with Gasteiger partial charge >= 0.3 is 0 Å². The Morgan fingerprint density at radius 3 is 2.51 bits per heavy atom. The molecule has 2 aliphatic heterocycles. The third kappa shape index (κ3) is 6.19.